The Morgan fingerprint density at radius 1 is 1.24 bits per heavy atom. The zero-order chi connectivity index (χ0) is 23.5. The van der Waals surface area contributed by atoms with Crippen LogP contribution in [0.1, 0.15) is 37.5 Å². The molecule has 1 atom stereocenters. The lowest BCUT2D eigenvalue weighted by molar-refractivity contribution is 0.275. The third kappa shape index (κ3) is 3.48. The third-order valence-corrected chi connectivity index (χ3v) is 7.85. The van der Waals surface area contributed by atoms with Crippen molar-refractivity contribution >= 4 is 49.6 Å². The van der Waals surface area contributed by atoms with Crippen LogP contribution in [-0.4, -0.2) is 42.9 Å². The van der Waals surface area contributed by atoms with Crippen molar-refractivity contribution in [3.63, 3.8) is 0 Å². The second-order valence-corrected chi connectivity index (χ2v) is 10.2. The molecule has 2 aromatic carbocycles. The molecule has 170 valence electrons. The Morgan fingerprint density at radius 3 is 2.67 bits per heavy atom. The van der Waals surface area contributed by atoms with Gasteiger partial charge in [-0.3, -0.25) is 5.41 Å². The second kappa shape index (κ2) is 7.97. The molecular formula is C25H29BrN7+. The van der Waals surface area contributed by atoms with E-state index < -0.39 is 0 Å². The van der Waals surface area contributed by atoms with E-state index in [1.165, 1.54) is 10.9 Å². The second-order valence-electron chi connectivity index (χ2n) is 9.40. The van der Waals surface area contributed by atoms with Crippen LogP contribution in [0, 0.1) is 5.41 Å². The number of hydrogen-bond donors (Lipinski definition) is 2. The smallest absolute Gasteiger partial charge is 0.284 e. The Hall–Kier alpha value is -2.68. The predicted octanol–water partition coefficient (Wildman–Crippen LogP) is 5.48. The van der Waals surface area contributed by atoms with Crippen molar-refractivity contribution in [1.82, 2.24) is 9.58 Å². The first kappa shape index (κ1) is 22.1. The number of aryl methyl sites for hydroxylation is 1. The highest BCUT2D eigenvalue weighted by atomic mass is 79.9. The summed E-state index contributed by atoms with van der Waals surface area (Å²) in [6.45, 7) is 8.01. The van der Waals surface area contributed by atoms with Gasteiger partial charge in [0, 0.05) is 57.2 Å². The summed E-state index contributed by atoms with van der Waals surface area (Å²) in [5.41, 5.74) is 11.2. The molecule has 0 radical (unpaired) electrons. The highest BCUT2D eigenvalue weighted by Gasteiger charge is 2.39. The molecule has 1 saturated heterocycles. The van der Waals surface area contributed by atoms with Gasteiger partial charge in [-0.05, 0) is 65.3 Å². The number of anilines is 1. The van der Waals surface area contributed by atoms with Crippen LogP contribution >= 0.6 is 15.9 Å². The number of quaternary nitrogens is 1. The number of pyridine rings is 1. The molecule has 2 aliphatic rings. The maximum Gasteiger partial charge on any atom is 0.284 e. The predicted molar refractivity (Wildman–Crippen MR) is 139 cm³/mol. The molecule has 1 fully saturated rings. The van der Waals surface area contributed by atoms with Crippen LogP contribution in [0.25, 0.3) is 10.8 Å². The summed E-state index contributed by atoms with van der Waals surface area (Å²) >= 11 is 3.85. The molecule has 1 aromatic heterocycles. The number of aromatic nitrogens is 1. The quantitative estimate of drug-likeness (QED) is 0.354. The number of nitrogens with two attached hydrogens (primary N) is 1. The number of rotatable bonds is 5. The topological polar surface area (TPSA) is 90.7 Å². The Morgan fingerprint density at radius 2 is 2.00 bits per heavy atom. The van der Waals surface area contributed by atoms with E-state index in [1.54, 1.807) is 6.20 Å². The minimum Gasteiger partial charge on any atom is -0.368 e. The van der Waals surface area contributed by atoms with Crippen molar-refractivity contribution in [3.8, 4) is 0 Å². The van der Waals surface area contributed by atoms with Gasteiger partial charge in [-0.15, -0.1) is 4.59 Å². The molecule has 0 amide bonds. The van der Waals surface area contributed by atoms with Crippen LogP contribution in [0.3, 0.4) is 0 Å². The minimum absolute atomic E-state index is 0.191. The Labute approximate surface area is 202 Å². The maximum atomic E-state index is 9.00. The number of nitrogens with zero attached hydrogens (tertiary/aromatic N) is 5. The zero-order valence-electron chi connectivity index (χ0n) is 19.4. The molecule has 0 aliphatic carbocycles. The highest BCUT2D eigenvalue weighted by molar-refractivity contribution is 9.10. The Balaban J connectivity index is 1.59. The Bertz CT molecular complexity index is 1310. The molecule has 5 rings (SSSR count). The Kier molecular flexibility index (Phi) is 5.34. The highest BCUT2D eigenvalue weighted by Crippen LogP contribution is 2.41. The average Bonchev–Trinajstić information content (AvgIpc) is 3.13. The van der Waals surface area contributed by atoms with Gasteiger partial charge in [0.1, 0.15) is 13.1 Å². The SMILES string of the molecule is CCc1ccc2cc(C(=N)c3cnc4c(c3)N=N[N+]4(C)C(C)C)cc(N3CC(N)C3)c2c1Br. The van der Waals surface area contributed by atoms with Gasteiger partial charge >= 0.3 is 0 Å². The first-order chi connectivity index (χ1) is 15.7. The number of nitrogens with one attached hydrogen (secondary N) is 1. The van der Waals surface area contributed by atoms with Gasteiger partial charge in [0.2, 0.25) is 0 Å². The normalized spacial score (nSPS) is 19.9. The molecule has 33 heavy (non-hydrogen) atoms. The number of hydrogen-bond acceptors (Lipinski definition) is 6. The van der Waals surface area contributed by atoms with Crippen LogP contribution in [0.4, 0.5) is 17.2 Å². The molecule has 2 aliphatic heterocycles. The summed E-state index contributed by atoms with van der Waals surface area (Å²) in [6, 6.07) is 10.9. The molecule has 3 heterocycles. The summed E-state index contributed by atoms with van der Waals surface area (Å²) in [7, 11) is 2.01. The lowest BCUT2D eigenvalue weighted by Gasteiger charge is -2.40. The lowest BCUT2D eigenvalue weighted by atomic mass is 9.95. The minimum atomic E-state index is 0.191. The number of benzene rings is 2. The number of halogens is 1. The molecule has 3 aromatic rings. The molecule has 3 N–H and O–H groups in total. The lowest BCUT2D eigenvalue weighted by Crippen LogP contribution is -2.56. The molecule has 1 unspecified atom stereocenters. The monoisotopic (exact) mass is 506 g/mol. The van der Waals surface area contributed by atoms with Crippen LogP contribution in [0.15, 0.2) is 51.3 Å². The van der Waals surface area contributed by atoms with E-state index in [4.69, 9.17) is 11.1 Å². The summed E-state index contributed by atoms with van der Waals surface area (Å²) in [6.07, 6.45) is 2.73. The van der Waals surface area contributed by atoms with Crippen molar-refractivity contribution in [2.45, 2.75) is 39.3 Å². The van der Waals surface area contributed by atoms with E-state index in [0.29, 0.717) is 10.3 Å². The van der Waals surface area contributed by atoms with Crippen molar-refractivity contribution < 1.29 is 0 Å². The fraction of sp³-hybridized carbons (Fsp3) is 0.360. The third-order valence-electron chi connectivity index (χ3n) is 6.94. The molecule has 0 saturated carbocycles. The van der Waals surface area contributed by atoms with Gasteiger partial charge in [0.15, 0.2) is 5.69 Å². The standard InChI is InChI=1S/C25H29BrN7/c1-5-15-6-7-16-8-17(10-21(22(16)23(15)26)32-12-19(27)13-32)24(28)18-9-20-25(29-11-18)33(4,14(2)3)31-30-20/h6-11,14,19,28H,5,12-13,27H2,1-4H3/q+1. The van der Waals surface area contributed by atoms with Crippen molar-refractivity contribution in [1.29, 1.82) is 5.41 Å². The van der Waals surface area contributed by atoms with Crippen LogP contribution in [0.2, 0.25) is 0 Å². The molecule has 8 heteroatoms. The molecule has 7 nitrogen and oxygen atoms in total. The van der Waals surface area contributed by atoms with Crippen molar-refractivity contribution in [3.05, 3.63) is 57.7 Å². The average molecular weight is 507 g/mol. The largest absolute Gasteiger partial charge is 0.368 e. The van der Waals surface area contributed by atoms with E-state index in [1.807, 2.05) is 13.1 Å². The fourth-order valence-electron chi connectivity index (χ4n) is 4.52. The molecule has 0 spiro atoms. The summed E-state index contributed by atoms with van der Waals surface area (Å²) < 4.78 is 1.45. The maximum absolute atomic E-state index is 9.00. The van der Waals surface area contributed by atoms with Crippen molar-refractivity contribution in [2.24, 2.45) is 16.1 Å². The first-order valence-electron chi connectivity index (χ1n) is 11.4. The van der Waals surface area contributed by atoms with Gasteiger partial charge in [-0.2, -0.15) is 0 Å². The van der Waals surface area contributed by atoms with Gasteiger partial charge in [0.25, 0.3) is 5.82 Å². The van der Waals surface area contributed by atoms with E-state index in [0.717, 1.165) is 57.7 Å². The van der Waals surface area contributed by atoms with Crippen LogP contribution in [0.5, 0.6) is 0 Å². The van der Waals surface area contributed by atoms with Crippen LogP contribution < -0.4 is 15.2 Å². The van der Waals surface area contributed by atoms with Gasteiger partial charge in [0.05, 0.1) is 5.71 Å². The summed E-state index contributed by atoms with van der Waals surface area (Å²) in [4.78, 5) is 6.98. The van der Waals surface area contributed by atoms with Crippen molar-refractivity contribution in [2.75, 3.05) is 25.0 Å². The van der Waals surface area contributed by atoms with Gasteiger partial charge in [-0.25, -0.2) is 4.98 Å². The van der Waals surface area contributed by atoms with E-state index in [2.05, 4.69) is 81.2 Å². The summed E-state index contributed by atoms with van der Waals surface area (Å²) in [5.74, 6) is 0.825. The zero-order valence-corrected chi connectivity index (χ0v) is 21.0. The first-order valence-corrected chi connectivity index (χ1v) is 12.2. The van der Waals surface area contributed by atoms with Gasteiger partial charge in [-0.1, -0.05) is 24.2 Å². The van der Waals surface area contributed by atoms with E-state index >= 15 is 0 Å². The molecular weight excluding hydrogens is 478 g/mol. The van der Waals surface area contributed by atoms with E-state index in [9.17, 15) is 0 Å². The van der Waals surface area contributed by atoms with Crippen LogP contribution in [-0.2, 0) is 6.42 Å². The molecule has 0 bridgehead atoms. The number of fused-ring (bicyclic) bond motifs is 2. The van der Waals surface area contributed by atoms with Gasteiger partial charge < -0.3 is 10.6 Å². The fourth-order valence-corrected chi connectivity index (χ4v) is 5.37. The summed E-state index contributed by atoms with van der Waals surface area (Å²) in [5, 5.41) is 20.1. The van der Waals surface area contributed by atoms with E-state index in [-0.39, 0.29) is 12.1 Å².